The third kappa shape index (κ3) is 3.48. The van der Waals surface area contributed by atoms with Crippen LogP contribution >= 0.6 is 11.6 Å². The van der Waals surface area contributed by atoms with E-state index in [1.54, 1.807) is 52.8 Å². The first kappa shape index (κ1) is 19.1. The fourth-order valence-electron chi connectivity index (χ4n) is 3.18. The van der Waals surface area contributed by atoms with Gasteiger partial charge in [0.05, 0.1) is 16.3 Å². The van der Waals surface area contributed by atoms with Crippen molar-refractivity contribution in [3.63, 3.8) is 0 Å². The Labute approximate surface area is 174 Å². The van der Waals surface area contributed by atoms with E-state index in [0.29, 0.717) is 16.4 Å². The van der Waals surface area contributed by atoms with Gasteiger partial charge in [0.15, 0.2) is 0 Å². The minimum Gasteiger partial charge on any atom is -0.285 e. The minimum atomic E-state index is -1.74. The highest BCUT2D eigenvalue weighted by molar-refractivity contribution is 7.89. The molecule has 3 aromatic carbocycles. The van der Waals surface area contributed by atoms with Crippen LogP contribution in [-0.4, -0.2) is 15.0 Å². The molecule has 146 valence electrons. The fraction of sp³-hybridized carbons (Fsp3) is 0.0500. The molecular weight excluding hydrogens is 412 g/mol. The lowest BCUT2D eigenvalue weighted by atomic mass is 10.0. The number of rotatable bonds is 4. The second kappa shape index (κ2) is 7.65. The maximum absolute atomic E-state index is 13.4. The van der Waals surface area contributed by atoms with Gasteiger partial charge in [0.1, 0.15) is 11.9 Å². The van der Waals surface area contributed by atoms with Crippen molar-refractivity contribution in [2.24, 2.45) is 0 Å². The molecule has 0 amide bonds. The van der Waals surface area contributed by atoms with Crippen molar-refractivity contribution < 1.29 is 9.13 Å². The maximum atomic E-state index is 13.4. The van der Waals surface area contributed by atoms with Gasteiger partial charge in [0.25, 0.3) is 5.69 Å². The number of hydrogen-bond donors (Lipinski definition) is 1. The van der Waals surface area contributed by atoms with Crippen LogP contribution in [0, 0.1) is 15.5 Å². The Hall–Kier alpha value is -3.23. The summed E-state index contributed by atoms with van der Waals surface area (Å²) in [7, 11) is 0. The summed E-state index contributed by atoms with van der Waals surface area (Å²) >= 11 is 4.26. The van der Waals surface area contributed by atoms with Crippen molar-refractivity contribution in [2.75, 3.05) is 8.61 Å². The number of nitro groups is 1. The summed E-state index contributed by atoms with van der Waals surface area (Å²) in [6.07, 6.45) is 0. The van der Waals surface area contributed by atoms with Crippen LogP contribution in [-0.2, 0) is 11.2 Å². The number of halogens is 1. The van der Waals surface area contributed by atoms with E-state index in [1.807, 2.05) is 18.2 Å². The third-order valence-electron chi connectivity index (χ3n) is 4.53. The first-order valence-corrected chi connectivity index (χ1v) is 10.1. The van der Waals surface area contributed by atoms with Crippen LogP contribution < -0.4 is 8.61 Å². The molecule has 1 heterocycles. The van der Waals surface area contributed by atoms with E-state index in [1.165, 1.54) is 16.4 Å². The van der Waals surface area contributed by atoms with Gasteiger partial charge in [-0.25, -0.2) is 8.51 Å². The van der Waals surface area contributed by atoms with Crippen molar-refractivity contribution in [3.05, 3.63) is 99.6 Å². The number of hydrogen-bond acceptors (Lipinski definition) is 4. The highest BCUT2D eigenvalue weighted by Gasteiger charge is 2.44. The monoisotopic (exact) mass is 426 g/mol. The molecule has 2 atom stereocenters. The molecule has 2 unspecified atom stereocenters. The van der Waals surface area contributed by atoms with E-state index in [2.05, 4.69) is 0 Å². The Morgan fingerprint density at radius 1 is 0.931 bits per heavy atom. The molecule has 1 saturated heterocycles. The molecule has 0 aromatic heterocycles. The highest BCUT2D eigenvalue weighted by atomic mass is 35.5. The normalized spacial score (nSPS) is 18.9. The van der Waals surface area contributed by atoms with Gasteiger partial charge in [0.2, 0.25) is 11.2 Å². The Bertz CT molecular complexity index is 1090. The zero-order valence-electron chi connectivity index (χ0n) is 14.9. The standard InChI is InChI=1S/C20H15ClN4O3S/c21-15-8-6-14(7-9-15)19-20(22)24(16-4-2-1-3-5-16)29(28)23(19)17-10-12-18(13-11-17)25(26)27/h1-13,19,22H. The maximum Gasteiger partial charge on any atom is 0.269 e. The Morgan fingerprint density at radius 3 is 2.14 bits per heavy atom. The van der Waals surface area contributed by atoms with Gasteiger partial charge in [-0.05, 0) is 42.0 Å². The van der Waals surface area contributed by atoms with Gasteiger partial charge in [-0.3, -0.25) is 19.8 Å². The predicted octanol–water partition coefficient (Wildman–Crippen LogP) is 4.87. The van der Waals surface area contributed by atoms with Crippen molar-refractivity contribution in [1.29, 1.82) is 5.41 Å². The number of anilines is 2. The molecule has 0 spiro atoms. The topological polar surface area (TPSA) is 90.5 Å². The van der Waals surface area contributed by atoms with E-state index in [0.717, 1.165) is 5.56 Å². The van der Waals surface area contributed by atoms with Crippen LogP contribution in [0.1, 0.15) is 11.6 Å². The summed E-state index contributed by atoms with van der Waals surface area (Å²) in [4.78, 5) is 10.5. The predicted molar refractivity (Wildman–Crippen MR) is 115 cm³/mol. The fourth-order valence-corrected chi connectivity index (χ4v) is 4.75. The van der Waals surface area contributed by atoms with Gasteiger partial charge in [0, 0.05) is 17.2 Å². The Morgan fingerprint density at radius 2 is 1.55 bits per heavy atom. The molecule has 0 bridgehead atoms. The van der Waals surface area contributed by atoms with Gasteiger partial charge in [-0.2, -0.15) is 0 Å². The third-order valence-corrected chi connectivity index (χ3v) is 6.26. The lowest BCUT2D eigenvalue weighted by Gasteiger charge is -2.23. The summed E-state index contributed by atoms with van der Waals surface area (Å²) in [6.45, 7) is 0. The van der Waals surface area contributed by atoms with Crippen molar-refractivity contribution in [1.82, 2.24) is 0 Å². The van der Waals surface area contributed by atoms with Crippen LogP contribution in [0.2, 0.25) is 5.02 Å². The molecule has 1 aliphatic heterocycles. The SMILES string of the molecule is N=C1C(c2ccc(Cl)cc2)N(c2ccc([N+](=O)[O-])cc2)S(=O)N1c1ccccc1. The van der Waals surface area contributed by atoms with E-state index >= 15 is 0 Å². The Kier molecular flexibility index (Phi) is 5.04. The van der Waals surface area contributed by atoms with E-state index < -0.39 is 22.1 Å². The second-order valence-electron chi connectivity index (χ2n) is 6.30. The highest BCUT2D eigenvalue weighted by Crippen LogP contribution is 2.40. The van der Waals surface area contributed by atoms with Gasteiger partial charge in [-0.1, -0.05) is 41.9 Å². The van der Waals surface area contributed by atoms with Gasteiger partial charge >= 0.3 is 0 Å². The van der Waals surface area contributed by atoms with Crippen LogP contribution in [0.25, 0.3) is 0 Å². The summed E-state index contributed by atoms with van der Waals surface area (Å²) in [6, 6.07) is 21.2. The summed E-state index contributed by atoms with van der Waals surface area (Å²) in [5.74, 6) is 0.134. The smallest absolute Gasteiger partial charge is 0.269 e. The first-order valence-electron chi connectivity index (χ1n) is 8.62. The summed E-state index contributed by atoms with van der Waals surface area (Å²) < 4.78 is 16.5. The Balaban J connectivity index is 1.82. The van der Waals surface area contributed by atoms with Crippen LogP contribution in [0.15, 0.2) is 78.9 Å². The molecule has 0 radical (unpaired) electrons. The minimum absolute atomic E-state index is 0.0586. The van der Waals surface area contributed by atoms with Crippen molar-refractivity contribution >= 4 is 45.7 Å². The van der Waals surface area contributed by atoms with Crippen LogP contribution in [0.5, 0.6) is 0 Å². The summed E-state index contributed by atoms with van der Waals surface area (Å²) in [5, 5.41) is 20.3. The zero-order chi connectivity index (χ0) is 20.5. The lowest BCUT2D eigenvalue weighted by molar-refractivity contribution is -0.384. The molecule has 9 heteroatoms. The quantitative estimate of drug-likeness (QED) is 0.476. The average molecular weight is 427 g/mol. The number of non-ortho nitro benzene ring substituents is 1. The van der Waals surface area contributed by atoms with E-state index in [-0.39, 0.29) is 11.5 Å². The number of nitro benzene ring substituents is 1. The number of amidine groups is 1. The van der Waals surface area contributed by atoms with E-state index in [4.69, 9.17) is 17.0 Å². The molecule has 1 aliphatic rings. The summed E-state index contributed by atoms with van der Waals surface area (Å²) in [5.41, 5.74) is 1.82. The van der Waals surface area contributed by atoms with Crippen molar-refractivity contribution in [3.8, 4) is 0 Å². The van der Waals surface area contributed by atoms with Crippen LogP contribution in [0.3, 0.4) is 0 Å². The molecule has 0 aliphatic carbocycles. The van der Waals surface area contributed by atoms with Gasteiger partial charge < -0.3 is 0 Å². The number of nitrogens with one attached hydrogen (secondary N) is 1. The van der Waals surface area contributed by atoms with E-state index in [9.17, 15) is 14.3 Å². The molecule has 3 aromatic rings. The average Bonchev–Trinajstić information content (AvgIpc) is 2.99. The number of nitrogens with zero attached hydrogens (tertiary/aromatic N) is 3. The molecule has 0 saturated carbocycles. The number of benzene rings is 3. The molecule has 7 nitrogen and oxygen atoms in total. The number of para-hydroxylation sites is 1. The second-order valence-corrected chi connectivity index (χ2v) is 7.96. The molecular formula is C20H15ClN4O3S. The molecule has 29 heavy (non-hydrogen) atoms. The largest absolute Gasteiger partial charge is 0.285 e. The molecule has 1 N–H and O–H groups in total. The molecule has 4 rings (SSSR count). The van der Waals surface area contributed by atoms with Gasteiger partial charge in [-0.15, -0.1) is 0 Å². The van der Waals surface area contributed by atoms with Crippen molar-refractivity contribution in [2.45, 2.75) is 6.04 Å². The van der Waals surface area contributed by atoms with Crippen LogP contribution in [0.4, 0.5) is 17.1 Å². The zero-order valence-corrected chi connectivity index (χ0v) is 16.5. The molecule has 1 fully saturated rings. The lowest BCUT2D eigenvalue weighted by Crippen LogP contribution is -2.27. The first-order chi connectivity index (χ1) is 14.0.